The van der Waals surface area contributed by atoms with Crippen LogP contribution in [0.15, 0.2) is 52.0 Å². The first-order valence-electron chi connectivity index (χ1n) is 10.9. The van der Waals surface area contributed by atoms with Crippen molar-refractivity contribution in [2.45, 2.75) is 25.0 Å². The van der Waals surface area contributed by atoms with E-state index in [-0.39, 0.29) is 40.7 Å². The maximum absolute atomic E-state index is 14.8. The van der Waals surface area contributed by atoms with Crippen LogP contribution in [0, 0.1) is 17.1 Å². The summed E-state index contributed by atoms with van der Waals surface area (Å²) in [4.78, 5) is 44.6. The summed E-state index contributed by atoms with van der Waals surface area (Å²) in [6.45, 7) is 1.66. The third-order valence-corrected chi connectivity index (χ3v) is 6.86. The van der Waals surface area contributed by atoms with Crippen LogP contribution < -0.4 is 11.1 Å². The Morgan fingerprint density at radius 3 is 2.75 bits per heavy atom. The number of rotatable bonds is 5. The predicted molar refractivity (Wildman–Crippen MR) is 127 cm³/mol. The molecular weight excluding hydrogens is 491 g/mol. The number of ether oxygens (including phenoxy) is 2. The summed E-state index contributed by atoms with van der Waals surface area (Å²) in [5.41, 5.74) is 5.91. The average molecular weight is 515 g/mol. The molecule has 13 heteroatoms. The highest BCUT2D eigenvalue weighted by molar-refractivity contribution is 8.14. The van der Waals surface area contributed by atoms with Crippen molar-refractivity contribution in [1.82, 2.24) is 15.1 Å². The number of nitrogens with one attached hydrogen (secondary N) is 1. The van der Waals surface area contributed by atoms with Crippen LogP contribution in [-0.4, -0.2) is 71.5 Å². The SMILES string of the molecule is CCOC(=O)C1=C(CSC2=NC3C(N2)C(=O)N(C)C(=O)N3C)OC(N)=C(C#N)C1c1ccccc1F. The van der Waals surface area contributed by atoms with Gasteiger partial charge in [-0.1, -0.05) is 30.0 Å². The fourth-order valence-corrected chi connectivity index (χ4v) is 5.06. The molecule has 0 spiro atoms. The van der Waals surface area contributed by atoms with Gasteiger partial charge in [-0.25, -0.2) is 19.0 Å². The molecule has 1 fully saturated rings. The lowest BCUT2D eigenvalue weighted by molar-refractivity contribution is -0.139. The highest BCUT2D eigenvalue weighted by atomic mass is 32.2. The number of nitriles is 1. The molecule has 0 bridgehead atoms. The fraction of sp³-hybridized carbons (Fsp3) is 0.348. The highest BCUT2D eigenvalue weighted by Gasteiger charge is 2.47. The van der Waals surface area contributed by atoms with Crippen molar-refractivity contribution in [3.63, 3.8) is 0 Å². The number of imide groups is 1. The number of amidine groups is 1. The summed E-state index contributed by atoms with van der Waals surface area (Å²) in [5.74, 6) is -3.17. The number of carbonyl (C=O) groups is 3. The van der Waals surface area contributed by atoms with E-state index >= 15 is 0 Å². The number of hydrogen-bond acceptors (Lipinski definition) is 10. The van der Waals surface area contributed by atoms with Crippen molar-refractivity contribution < 1.29 is 28.2 Å². The molecule has 1 aromatic carbocycles. The Bertz CT molecular complexity index is 1270. The number of thioether (sulfide) groups is 1. The van der Waals surface area contributed by atoms with Gasteiger partial charge < -0.3 is 25.4 Å². The number of halogens is 1. The molecular formula is C23H23FN6O5S. The molecule has 188 valence electrons. The number of benzene rings is 1. The second kappa shape index (κ2) is 9.90. The Balaban J connectivity index is 1.68. The van der Waals surface area contributed by atoms with Gasteiger partial charge in [0.1, 0.15) is 29.3 Å². The number of nitrogens with two attached hydrogens (primary N) is 1. The van der Waals surface area contributed by atoms with Crippen LogP contribution in [0.25, 0.3) is 0 Å². The van der Waals surface area contributed by atoms with E-state index < -0.39 is 41.9 Å². The number of esters is 1. The number of aliphatic imine (C=N–C) groups is 1. The first-order chi connectivity index (χ1) is 17.2. The maximum Gasteiger partial charge on any atom is 0.338 e. The molecule has 3 amide bonds. The number of carbonyl (C=O) groups excluding carboxylic acids is 3. The van der Waals surface area contributed by atoms with Gasteiger partial charge >= 0.3 is 12.0 Å². The Morgan fingerprint density at radius 1 is 1.36 bits per heavy atom. The molecule has 4 rings (SSSR count). The van der Waals surface area contributed by atoms with Crippen molar-refractivity contribution in [2.24, 2.45) is 10.7 Å². The lowest BCUT2D eigenvalue weighted by atomic mass is 9.83. The molecule has 36 heavy (non-hydrogen) atoms. The van der Waals surface area contributed by atoms with Gasteiger partial charge in [-0.2, -0.15) is 5.26 Å². The third-order valence-electron chi connectivity index (χ3n) is 5.96. The van der Waals surface area contributed by atoms with Crippen LogP contribution in [0.4, 0.5) is 9.18 Å². The molecule has 1 saturated heterocycles. The minimum atomic E-state index is -1.14. The number of amides is 3. The van der Waals surface area contributed by atoms with Crippen LogP contribution in [0.3, 0.4) is 0 Å². The van der Waals surface area contributed by atoms with E-state index in [4.69, 9.17) is 15.2 Å². The molecule has 0 aromatic heterocycles. The molecule has 3 heterocycles. The van der Waals surface area contributed by atoms with Crippen LogP contribution in [0.1, 0.15) is 18.4 Å². The number of nitrogens with zero attached hydrogens (tertiary/aromatic N) is 4. The molecule has 0 aliphatic carbocycles. The molecule has 11 nitrogen and oxygen atoms in total. The van der Waals surface area contributed by atoms with Gasteiger partial charge in [0.2, 0.25) is 5.88 Å². The Hall–Kier alpha value is -4.05. The number of urea groups is 1. The van der Waals surface area contributed by atoms with Crippen LogP contribution in [0.5, 0.6) is 0 Å². The largest absolute Gasteiger partial charge is 0.463 e. The van der Waals surface area contributed by atoms with Crippen molar-refractivity contribution in [3.05, 3.63) is 58.4 Å². The van der Waals surface area contributed by atoms with Crippen LogP contribution in [0.2, 0.25) is 0 Å². The van der Waals surface area contributed by atoms with Crippen molar-refractivity contribution >= 4 is 34.8 Å². The zero-order valence-corrected chi connectivity index (χ0v) is 20.5. The van der Waals surface area contributed by atoms with Crippen molar-refractivity contribution in [2.75, 3.05) is 26.5 Å². The van der Waals surface area contributed by atoms with Gasteiger partial charge in [0.25, 0.3) is 5.91 Å². The fourth-order valence-electron chi connectivity index (χ4n) is 4.18. The Morgan fingerprint density at radius 2 is 2.08 bits per heavy atom. The van der Waals surface area contributed by atoms with Gasteiger partial charge in [-0.3, -0.25) is 9.69 Å². The second-order valence-electron chi connectivity index (χ2n) is 8.05. The number of likely N-dealkylation sites (N-methyl/N-ethyl adjacent to an activating group) is 2. The normalized spacial score (nSPS) is 23.6. The summed E-state index contributed by atoms with van der Waals surface area (Å²) >= 11 is 1.10. The van der Waals surface area contributed by atoms with Gasteiger partial charge in [0.05, 0.1) is 23.9 Å². The quantitative estimate of drug-likeness (QED) is 0.555. The number of fused-ring (bicyclic) bond motifs is 1. The summed E-state index contributed by atoms with van der Waals surface area (Å²) in [7, 11) is 2.93. The summed E-state index contributed by atoms with van der Waals surface area (Å²) < 4.78 is 25.7. The average Bonchev–Trinajstić information content (AvgIpc) is 3.29. The summed E-state index contributed by atoms with van der Waals surface area (Å²) in [6.07, 6.45) is -0.726. The molecule has 0 radical (unpaired) electrons. The van der Waals surface area contributed by atoms with E-state index in [1.165, 1.54) is 30.1 Å². The number of hydrogen-bond donors (Lipinski definition) is 2. The molecule has 1 aromatic rings. The van der Waals surface area contributed by atoms with Crippen molar-refractivity contribution in [1.29, 1.82) is 5.26 Å². The smallest absolute Gasteiger partial charge is 0.338 e. The standard InChI is InChI=1S/C23H23FN6O5S/c1-4-34-21(32)16-14(35-18(26)12(9-25)15(16)11-7-5-6-8-13(11)24)10-36-22-27-17-19(28-22)29(2)23(33)30(3)20(17)31/h5-8,15,17,19H,4,10,26H2,1-3H3,(H,27,28). The highest BCUT2D eigenvalue weighted by Crippen LogP contribution is 2.41. The minimum absolute atomic E-state index is 0.00846. The number of allylic oxidation sites excluding steroid dienone is 1. The molecule has 3 atom stereocenters. The van der Waals surface area contributed by atoms with Gasteiger partial charge in [0, 0.05) is 19.7 Å². The minimum Gasteiger partial charge on any atom is -0.463 e. The maximum atomic E-state index is 14.8. The van der Waals surface area contributed by atoms with E-state index in [1.807, 2.05) is 6.07 Å². The van der Waals surface area contributed by atoms with Gasteiger partial charge in [-0.15, -0.1) is 0 Å². The van der Waals surface area contributed by atoms with E-state index in [1.54, 1.807) is 20.0 Å². The Kier molecular flexibility index (Phi) is 6.89. The molecule has 3 aliphatic rings. The van der Waals surface area contributed by atoms with E-state index in [0.717, 1.165) is 16.7 Å². The van der Waals surface area contributed by atoms with Gasteiger partial charge in [0.15, 0.2) is 11.3 Å². The first kappa shape index (κ1) is 25.1. The zero-order valence-electron chi connectivity index (χ0n) is 19.6. The first-order valence-corrected chi connectivity index (χ1v) is 11.9. The van der Waals surface area contributed by atoms with Gasteiger partial charge in [-0.05, 0) is 13.0 Å². The van der Waals surface area contributed by atoms with E-state index in [0.29, 0.717) is 5.17 Å². The Labute approximate surface area is 210 Å². The topological polar surface area (TPSA) is 150 Å². The monoisotopic (exact) mass is 514 g/mol. The van der Waals surface area contributed by atoms with Crippen molar-refractivity contribution in [3.8, 4) is 6.07 Å². The van der Waals surface area contributed by atoms with Crippen LogP contribution in [-0.2, 0) is 19.1 Å². The third kappa shape index (κ3) is 4.24. The van der Waals surface area contributed by atoms with E-state index in [9.17, 15) is 24.0 Å². The molecule has 3 N–H and O–H groups in total. The summed E-state index contributed by atoms with van der Waals surface area (Å²) in [6, 6.07) is 6.45. The molecule has 0 saturated carbocycles. The zero-order chi connectivity index (χ0) is 26.1. The van der Waals surface area contributed by atoms with Crippen LogP contribution >= 0.6 is 11.8 Å². The lowest BCUT2D eigenvalue weighted by Crippen LogP contribution is -2.63. The summed E-state index contributed by atoms with van der Waals surface area (Å²) in [5, 5.41) is 13.1. The molecule has 3 unspecified atom stereocenters. The lowest BCUT2D eigenvalue weighted by Gasteiger charge is -2.36. The second-order valence-corrected chi connectivity index (χ2v) is 9.02. The molecule has 3 aliphatic heterocycles. The predicted octanol–water partition coefficient (Wildman–Crippen LogP) is 1.36. The van der Waals surface area contributed by atoms with E-state index in [2.05, 4.69) is 10.3 Å².